The Morgan fingerprint density at radius 1 is 1.10 bits per heavy atom. The fourth-order valence-electron chi connectivity index (χ4n) is 3.24. The molecule has 0 radical (unpaired) electrons. The lowest BCUT2D eigenvalue weighted by molar-refractivity contribution is 0.404. The van der Waals surface area contributed by atoms with Crippen molar-refractivity contribution < 1.29 is 0 Å². The van der Waals surface area contributed by atoms with Crippen molar-refractivity contribution >= 4 is 0 Å². The summed E-state index contributed by atoms with van der Waals surface area (Å²) < 4.78 is 0. The van der Waals surface area contributed by atoms with Crippen LogP contribution >= 0.6 is 0 Å². The molecule has 0 aromatic heterocycles. The normalized spacial score (nSPS) is 21.5. The summed E-state index contributed by atoms with van der Waals surface area (Å²) in [5.74, 6) is 0. The Labute approximate surface area is 122 Å². The Bertz CT molecular complexity index is 574. The average Bonchev–Trinajstić information content (AvgIpc) is 2.46. The minimum Gasteiger partial charge on any atom is -0.307 e. The van der Waals surface area contributed by atoms with E-state index in [1.165, 1.54) is 28.7 Å². The van der Waals surface area contributed by atoms with Crippen molar-refractivity contribution in [1.82, 2.24) is 5.32 Å². The molecule has 0 fully saturated rings. The highest BCUT2D eigenvalue weighted by atomic mass is 15.0. The van der Waals surface area contributed by atoms with E-state index in [9.17, 15) is 0 Å². The molecule has 1 heteroatoms. The zero-order valence-corrected chi connectivity index (χ0v) is 12.4. The lowest BCUT2D eigenvalue weighted by Crippen LogP contribution is -2.37. The molecule has 0 bridgehead atoms. The standard InChI is InChI=1S/C19H23N/c1-14-8-10-17-13-15(2)20-19(18(17)12-14)11-9-16-6-4-3-5-7-16/h3-8,10,12,15,19-20H,9,11,13H2,1-2H3. The summed E-state index contributed by atoms with van der Waals surface area (Å²) in [5, 5.41) is 3.77. The minimum absolute atomic E-state index is 0.494. The molecule has 0 amide bonds. The van der Waals surface area contributed by atoms with Gasteiger partial charge in [-0.3, -0.25) is 0 Å². The summed E-state index contributed by atoms with van der Waals surface area (Å²) in [6, 6.07) is 18.8. The predicted molar refractivity (Wildman–Crippen MR) is 85.0 cm³/mol. The van der Waals surface area contributed by atoms with E-state index in [4.69, 9.17) is 0 Å². The van der Waals surface area contributed by atoms with Crippen LogP contribution in [0.25, 0.3) is 0 Å². The van der Waals surface area contributed by atoms with Crippen LogP contribution in [0, 0.1) is 6.92 Å². The molecule has 2 aromatic carbocycles. The maximum absolute atomic E-state index is 3.77. The molecule has 0 aliphatic carbocycles. The number of benzene rings is 2. The molecule has 1 aliphatic heterocycles. The molecular formula is C19H23N. The molecule has 0 saturated carbocycles. The van der Waals surface area contributed by atoms with Crippen LogP contribution in [0.2, 0.25) is 0 Å². The van der Waals surface area contributed by atoms with Crippen LogP contribution in [0.15, 0.2) is 48.5 Å². The number of fused-ring (bicyclic) bond motifs is 1. The number of rotatable bonds is 3. The molecule has 1 aliphatic rings. The zero-order chi connectivity index (χ0) is 13.9. The number of hydrogen-bond donors (Lipinski definition) is 1. The fourth-order valence-corrected chi connectivity index (χ4v) is 3.24. The van der Waals surface area contributed by atoms with E-state index in [1.54, 1.807) is 0 Å². The van der Waals surface area contributed by atoms with Crippen LogP contribution in [0.5, 0.6) is 0 Å². The van der Waals surface area contributed by atoms with Gasteiger partial charge in [-0.2, -0.15) is 0 Å². The Balaban J connectivity index is 1.78. The van der Waals surface area contributed by atoms with Gasteiger partial charge in [0.05, 0.1) is 0 Å². The van der Waals surface area contributed by atoms with Crippen molar-refractivity contribution in [2.75, 3.05) is 0 Å². The first-order valence-electron chi connectivity index (χ1n) is 7.62. The summed E-state index contributed by atoms with van der Waals surface area (Å²) in [6.07, 6.45) is 3.46. The summed E-state index contributed by atoms with van der Waals surface area (Å²) >= 11 is 0. The van der Waals surface area contributed by atoms with E-state index in [1.807, 2.05) is 0 Å². The van der Waals surface area contributed by atoms with Crippen molar-refractivity contribution in [3.8, 4) is 0 Å². The second-order valence-electron chi connectivity index (χ2n) is 6.05. The lowest BCUT2D eigenvalue weighted by atomic mass is 9.87. The van der Waals surface area contributed by atoms with Gasteiger partial charge >= 0.3 is 0 Å². The Hall–Kier alpha value is -1.60. The van der Waals surface area contributed by atoms with Crippen LogP contribution in [0.3, 0.4) is 0 Å². The maximum Gasteiger partial charge on any atom is 0.0328 e. The van der Waals surface area contributed by atoms with Gasteiger partial charge in [0.2, 0.25) is 0 Å². The second kappa shape index (κ2) is 5.80. The van der Waals surface area contributed by atoms with Gasteiger partial charge in [0.25, 0.3) is 0 Å². The molecule has 3 rings (SSSR count). The zero-order valence-electron chi connectivity index (χ0n) is 12.4. The molecule has 104 valence electrons. The third-order valence-corrected chi connectivity index (χ3v) is 4.25. The topological polar surface area (TPSA) is 12.0 Å². The molecule has 2 atom stereocenters. The highest BCUT2D eigenvalue weighted by Gasteiger charge is 2.23. The van der Waals surface area contributed by atoms with Crippen molar-refractivity contribution in [3.63, 3.8) is 0 Å². The molecule has 2 unspecified atom stereocenters. The van der Waals surface area contributed by atoms with Gasteiger partial charge in [0.15, 0.2) is 0 Å². The van der Waals surface area contributed by atoms with Crippen LogP contribution in [0.1, 0.15) is 41.6 Å². The van der Waals surface area contributed by atoms with E-state index >= 15 is 0 Å². The predicted octanol–water partition coefficient (Wildman–Crippen LogP) is 4.20. The van der Waals surface area contributed by atoms with Crippen molar-refractivity contribution in [1.29, 1.82) is 0 Å². The van der Waals surface area contributed by atoms with E-state index in [0.717, 1.165) is 12.8 Å². The van der Waals surface area contributed by atoms with Crippen molar-refractivity contribution in [3.05, 3.63) is 70.8 Å². The van der Waals surface area contributed by atoms with Crippen molar-refractivity contribution in [2.24, 2.45) is 0 Å². The van der Waals surface area contributed by atoms with E-state index < -0.39 is 0 Å². The summed E-state index contributed by atoms with van der Waals surface area (Å²) in [5.41, 5.74) is 5.84. The Kier molecular flexibility index (Phi) is 3.88. The third kappa shape index (κ3) is 2.94. The van der Waals surface area contributed by atoms with Gasteiger partial charge in [-0.1, -0.05) is 54.1 Å². The fraction of sp³-hybridized carbons (Fsp3) is 0.368. The number of hydrogen-bond acceptors (Lipinski definition) is 1. The van der Waals surface area contributed by atoms with Gasteiger partial charge in [-0.25, -0.2) is 0 Å². The van der Waals surface area contributed by atoms with Crippen LogP contribution in [-0.2, 0) is 12.8 Å². The molecule has 1 heterocycles. The summed E-state index contributed by atoms with van der Waals surface area (Å²) in [7, 11) is 0. The van der Waals surface area contributed by atoms with Gasteiger partial charge in [-0.05, 0) is 49.8 Å². The molecule has 0 saturated heterocycles. The van der Waals surface area contributed by atoms with E-state index in [-0.39, 0.29) is 0 Å². The van der Waals surface area contributed by atoms with Crippen LogP contribution in [-0.4, -0.2) is 6.04 Å². The molecule has 0 spiro atoms. The summed E-state index contributed by atoms with van der Waals surface area (Å²) in [4.78, 5) is 0. The first kappa shape index (κ1) is 13.4. The van der Waals surface area contributed by atoms with E-state index in [0.29, 0.717) is 12.1 Å². The van der Waals surface area contributed by atoms with Gasteiger partial charge in [0.1, 0.15) is 0 Å². The lowest BCUT2D eigenvalue weighted by Gasteiger charge is -2.32. The first-order valence-corrected chi connectivity index (χ1v) is 7.62. The Morgan fingerprint density at radius 2 is 1.90 bits per heavy atom. The highest BCUT2D eigenvalue weighted by molar-refractivity contribution is 5.36. The number of aryl methyl sites for hydroxylation is 2. The molecular weight excluding hydrogens is 242 g/mol. The van der Waals surface area contributed by atoms with Gasteiger partial charge in [0, 0.05) is 12.1 Å². The minimum atomic E-state index is 0.494. The third-order valence-electron chi connectivity index (χ3n) is 4.25. The average molecular weight is 265 g/mol. The number of nitrogens with one attached hydrogen (secondary N) is 1. The largest absolute Gasteiger partial charge is 0.307 e. The Morgan fingerprint density at radius 3 is 2.70 bits per heavy atom. The SMILES string of the molecule is Cc1ccc2c(c1)C(CCc1ccccc1)NC(C)C2. The van der Waals surface area contributed by atoms with Crippen LogP contribution < -0.4 is 5.32 Å². The van der Waals surface area contributed by atoms with Crippen molar-refractivity contribution in [2.45, 2.75) is 45.2 Å². The van der Waals surface area contributed by atoms with Gasteiger partial charge < -0.3 is 5.32 Å². The molecule has 20 heavy (non-hydrogen) atoms. The first-order chi connectivity index (χ1) is 9.72. The summed E-state index contributed by atoms with van der Waals surface area (Å²) in [6.45, 7) is 4.48. The van der Waals surface area contributed by atoms with Gasteiger partial charge in [-0.15, -0.1) is 0 Å². The molecule has 1 nitrogen and oxygen atoms in total. The molecule has 1 N–H and O–H groups in total. The smallest absolute Gasteiger partial charge is 0.0328 e. The maximum atomic E-state index is 3.77. The highest BCUT2D eigenvalue weighted by Crippen LogP contribution is 2.29. The second-order valence-corrected chi connectivity index (χ2v) is 6.05. The molecule has 2 aromatic rings. The monoisotopic (exact) mass is 265 g/mol. The van der Waals surface area contributed by atoms with E-state index in [2.05, 4.69) is 67.7 Å². The quantitative estimate of drug-likeness (QED) is 0.877. The van der Waals surface area contributed by atoms with Crippen LogP contribution in [0.4, 0.5) is 0 Å².